The molecule has 0 saturated carbocycles. The molecular formula is C19H22N2O4S2. The normalized spacial score (nSPS) is 13.1. The standard InChI is InChI=1S/C19H22N2O4S2/c1-14(17-13-15-7-3-4-8-16(15)25-17)20-18(22)9-5-11-21(2)27(23,24)19-10-6-12-26-19/h3-4,6-8,10,12-14H,5,9,11H2,1-2H3,(H,20,22)/t14-/m0/s1. The van der Waals surface area contributed by atoms with Gasteiger partial charge in [-0.1, -0.05) is 24.3 Å². The summed E-state index contributed by atoms with van der Waals surface area (Å²) < 4.78 is 32.0. The Labute approximate surface area is 162 Å². The maximum absolute atomic E-state index is 12.3. The Morgan fingerprint density at radius 2 is 2.04 bits per heavy atom. The highest BCUT2D eigenvalue weighted by Crippen LogP contribution is 2.24. The highest BCUT2D eigenvalue weighted by molar-refractivity contribution is 7.91. The zero-order chi connectivity index (χ0) is 19.4. The Morgan fingerprint density at radius 1 is 1.26 bits per heavy atom. The van der Waals surface area contributed by atoms with E-state index in [1.165, 1.54) is 22.7 Å². The fraction of sp³-hybridized carbons (Fsp3) is 0.316. The van der Waals surface area contributed by atoms with Gasteiger partial charge in [0.05, 0.1) is 6.04 Å². The molecule has 0 radical (unpaired) electrons. The van der Waals surface area contributed by atoms with Crippen LogP contribution >= 0.6 is 11.3 Å². The number of hydrogen-bond acceptors (Lipinski definition) is 5. The number of para-hydroxylation sites is 1. The van der Waals surface area contributed by atoms with E-state index < -0.39 is 10.0 Å². The minimum absolute atomic E-state index is 0.134. The lowest BCUT2D eigenvalue weighted by molar-refractivity contribution is -0.122. The first kappa shape index (κ1) is 19.6. The van der Waals surface area contributed by atoms with E-state index in [-0.39, 0.29) is 24.9 Å². The number of nitrogens with zero attached hydrogens (tertiary/aromatic N) is 1. The van der Waals surface area contributed by atoms with E-state index in [4.69, 9.17) is 4.42 Å². The van der Waals surface area contributed by atoms with Crippen LogP contribution in [0.5, 0.6) is 0 Å². The number of rotatable bonds is 8. The number of hydrogen-bond donors (Lipinski definition) is 1. The highest BCUT2D eigenvalue weighted by atomic mass is 32.2. The van der Waals surface area contributed by atoms with E-state index >= 15 is 0 Å². The summed E-state index contributed by atoms with van der Waals surface area (Å²) in [6.45, 7) is 2.15. The molecule has 2 heterocycles. The van der Waals surface area contributed by atoms with Crippen molar-refractivity contribution in [1.82, 2.24) is 9.62 Å². The van der Waals surface area contributed by atoms with Crippen molar-refractivity contribution in [3.05, 3.63) is 53.6 Å². The molecule has 1 amide bonds. The Bertz CT molecular complexity index is 976. The predicted octanol–water partition coefficient (Wildman–Crippen LogP) is 3.77. The second-order valence-electron chi connectivity index (χ2n) is 6.34. The third kappa shape index (κ3) is 4.58. The van der Waals surface area contributed by atoms with Crippen LogP contribution in [0.1, 0.15) is 31.6 Å². The molecule has 1 N–H and O–H groups in total. The number of nitrogens with one attached hydrogen (secondary N) is 1. The molecule has 0 spiro atoms. The number of thiophene rings is 1. The zero-order valence-corrected chi connectivity index (χ0v) is 16.8. The van der Waals surface area contributed by atoms with E-state index in [2.05, 4.69) is 5.32 Å². The molecule has 2 aromatic heterocycles. The van der Waals surface area contributed by atoms with Crippen molar-refractivity contribution in [2.75, 3.05) is 13.6 Å². The molecule has 1 atom stereocenters. The number of carbonyl (C=O) groups excluding carboxylic acids is 1. The molecule has 1 aromatic carbocycles. The lowest BCUT2D eigenvalue weighted by Crippen LogP contribution is -2.30. The van der Waals surface area contributed by atoms with E-state index in [9.17, 15) is 13.2 Å². The van der Waals surface area contributed by atoms with Gasteiger partial charge in [-0.3, -0.25) is 4.79 Å². The third-order valence-corrected chi connectivity index (χ3v) is 7.52. The second-order valence-corrected chi connectivity index (χ2v) is 9.56. The average molecular weight is 407 g/mol. The van der Waals surface area contributed by atoms with Crippen LogP contribution in [-0.2, 0) is 14.8 Å². The molecule has 144 valence electrons. The first-order valence-electron chi connectivity index (χ1n) is 8.65. The van der Waals surface area contributed by atoms with Gasteiger partial charge in [-0.2, -0.15) is 0 Å². The Morgan fingerprint density at radius 3 is 2.74 bits per heavy atom. The average Bonchev–Trinajstić information content (AvgIpc) is 3.31. The van der Waals surface area contributed by atoms with Gasteiger partial charge in [0.15, 0.2) is 0 Å². The number of sulfonamides is 1. The van der Waals surface area contributed by atoms with Crippen LogP contribution in [0.15, 0.2) is 56.5 Å². The molecular weight excluding hydrogens is 384 g/mol. The van der Waals surface area contributed by atoms with Gasteiger partial charge in [-0.25, -0.2) is 12.7 Å². The van der Waals surface area contributed by atoms with Gasteiger partial charge >= 0.3 is 0 Å². The highest BCUT2D eigenvalue weighted by Gasteiger charge is 2.21. The van der Waals surface area contributed by atoms with E-state index in [0.717, 1.165) is 11.0 Å². The summed E-state index contributed by atoms with van der Waals surface area (Å²) in [4.78, 5) is 12.2. The summed E-state index contributed by atoms with van der Waals surface area (Å²) in [5, 5.41) is 5.62. The lowest BCUT2D eigenvalue weighted by Gasteiger charge is -2.16. The van der Waals surface area contributed by atoms with Crippen LogP contribution in [0.25, 0.3) is 11.0 Å². The number of carbonyl (C=O) groups is 1. The first-order chi connectivity index (χ1) is 12.9. The van der Waals surface area contributed by atoms with Gasteiger partial charge in [0.25, 0.3) is 10.0 Å². The monoisotopic (exact) mass is 406 g/mol. The number of furan rings is 1. The van der Waals surface area contributed by atoms with Crippen LogP contribution in [0.4, 0.5) is 0 Å². The largest absolute Gasteiger partial charge is 0.459 e. The summed E-state index contributed by atoms with van der Waals surface area (Å²) in [5.74, 6) is 0.562. The molecule has 0 aliphatic rings. The van der Waals surface area contributed by atoms with E-state index in [1.807, 2.05) is 37.3 Å². The van der Waals surface area contributed by atoms with Crippen LogP contribution in [0.3, 0.4) is 0 Å². The third-order valence-electron chi connectivity index (χ3n) is 4.29. The minimum Gasteiger partial charge on any atom is -0.459 e. The Kier molecular flexibility index (Phi) is 5.98. The smallest absolute Gasteiger partial charge is 0.252 e. The molecule has 3 rings (SSSR count). The van der Waals surface area contributed by atoms with E-state index in [0.29, 0.717) is 16.4 Å². The molecule has 0 aliphatic heterocycles. The molecule has 0 fully saturated rings. The fourth-order valence-electron chi connectivity index (χ4n) is 2.75. The Hall–Kier alpha value is -2.16. The van der Waals surface area contributed by atoms with Crippen molar-refractivity contribution in [3.8, 4) is 0 Å². The summed E-state index contributed by atoms with van der Waals surface area (Å²) in [7, 11) is -1.94. The van der Waals surface area contributed by atoms with Gasteiger partial charge in [-0.05, 0) is 36.9 Å². The minimum atomic E-state index is -3.47. The molecule has 0 saturated heterocycles. The maximum Gasteiger partial charge on any atom is 0.252 e. The lowest BCUT2D eigenvalue weighted by atomic mass is 10.2. The summed E-state index contributed by atoms with van der Waals surface area (Å²) in [6, 6.07) is 12.6. The van der Waals surface area contributed by atoms with Gasteiger partial charge in [-0.15, -0.1) is 11.3 Å². The van der Waals surface area contributed by atoms with Gasteiger partial charge < -0.3 is 9.73 Å². The van der Waals surface area contributed by atoms with Crippen LogP contribution in [0, 0.1) is 0 Å². The second kappa shape index (κ2) is 8.24. The van der Waals surface area contributed by atoms with E-state index in [1.54, 1.807) is 17.5 Å². The molecule has 0 unspecified atom stereocenters. The van der Waals surface area contributed by atoms with Crippen LogP contribution < -0.4 is 5.32 Å². The zero-order valence-electron chi connectivity index (χ0n) is 15.2. The van der Waals surface area contributed by atoms with Crippen molar-refractivity contribution < 1.29 is 17.6 Å². The summed E-state index contributed by atoms with van der Waals surface area (Å²) in [5.41, 5.74) is 0.786. The van der Waals surface area contributed by atoms with Crippen molar-refractivity contribution in [2.45, 2.75) is 30.0 Å². The molecule has 0 bridgehead atoms. The first-order valence-corrected chi connectivity index (χ1v) is 11.0. The fourth-order valence-corrected chi connectivity index (χ4v) is 5.16. The number of fused-ring (bicyclic) bond motifs is 1. The molecule has 0 aliphatic carbocycles. The van der Waals surface area contributed by atoms with Crippen molar-refractivity contribution in [1.29, 1.82) is 0 Å². The molecule has 27 heavy (non-hydrogen) atoms. The van der Waals surface area contributed by atoms with Crippen molar-refractivity contribution in [3.63, 3.8) is 0 Å². The molecule has 3 aromatic rings. The van der Waals surface area contributed by atoms with Gasteiger partial charge in [0.1, 0.15) is 15.6 Å². The Balaban J connectivity index is 1.49. The number of benzene rings is 1. The van der Waals surface area contributed by atoms with Crippen LogP contribution in [-0.4, -0.2) is 32.2 Å². The topological polar surface area (TPSA) is 79.6 Å². The van der Waals surface area contributed by atoms with Crippen molar-refractivity contribution in [2.24, 2.45) is 0 Å². The van der Waals surface area contributed by atoms with Gasteiger partial charge in [0.2, 0.25) is 5.91 Å². The quantitative estimate of drug-likeness (QED) is 0.617. The molecule has 6 nitrogen and oxygen atoms in total. The maximum atomic E-state index is 12.3. The van der Waals surface area contributed by atoms with Crippen molar-refractivity contribution >= 4 is 38.2 Å². The predicted molar refractivity (Wildman–Crippen MR) is 106 cm³/mol. The summed E-state index contributed by atoms with van der Waals surface area (Å²) >= 11 is 1.19. The van der Waals surface area contributed by atoms with Gasteiger partial charge in [0, 0.05) is 25.4 Å². The van der Waals surface area contributed by atoms with Crippen LogP contribution in [0.2, 0.25) is 0 Å². The number of amides is 1. The summed E-state index contributed by atoms with van der Waals surface area (Å²) in [6.07, 6.45) is 0.689. The SMILES string of the molecule is C[C@H](NC(=O)CCCN(C)S(=O)(=O)c1cccs1)c1cc2ccccc2o1. The molecule has 8 heteroatoms.